The molecule has 3 aromatic carbocycles. The van der Waals surface area contributed by atoms with Crippen molar-refractivity contribution in [3.05, 3.63) is 96.1 Å². The summed E-state index contributed by atoms with van der Waals surface area (Å²) >= 11 is 0. The number of carbonyl (C=O) groups excluding carboxylic acids is 2. The monoisotopic (exact) mass is 426 g/mol. The largest absolute Gasteiger partial charge is 0.423 e. The zero-order chi connectivity index (χ0) is 23.4. The summed E-state index contributed by atoms with van der Waals surface area (Å²) in [4.78, 5) is 23.5. The molecule has 4 nitrogen and oxygen atoms in total. The van der Waals surface area contributed by atoms with Crippen molar-refractivity contribution in [1.29, 1.82) is 0 Å². The van der Waals surface area contributed by atoms with Gasteiger partial charge in [0.25, 0.3) is 0 Å². The molecule has 32 heavy (non-hydrogen) atoms. The van der Waals surface area contributed by atoms with Crippen LogP contribution in [-0.4, -0.2) is 11.9 Å². The van der Waals surface area contributed by atoms with Crippen LogP contribution in [0.3, 0.4) is 0 Å². The highest BCUT2D eigenvalue weighted by atomic mass is 16.5. The smallest absolute Gasteiger partial charge is 0.338 e. The van der Waals surface area contributed by atoms with Gasteiger partial charge in [-0.05, 0) is 85.3 Å². The molecule has 0 N–H and O–H groups in total. The van der Waals surface area contributed by atoms with E-state index in [1.807, 2.05) is 50.2 Å². The number of ether oxygens (including phenoxy) is 2. The van der Waals surface area contributed by atoms with Crippen molar-refractivity contribution in [2.24, 2.45) is 0 Å². The lowest BCUT2D eigenvalue weighted by Gasteiger charge is -2.13. The molecule has 3 rings (SSSR count). The van der Waals surface area contributed by atoms with Crippen molar-refractivity contribution < 1.29 is 19.1 Å². The molecule has 0 amide bonds. The molecule has 0 aliphatic carbocycles. The van der Waals surface area contributed by atoms with E-state index in [0.717, 1.165) is 33.4 Å². The highest BCUT2D eigenvalue weighted by Gasteiger charge is 2.13. The van der Waals surface area contributed by atoms with E-state index in [1.165, 1.54) is 0 Å². The summed E-state index contributed by atoms with van der Waals surface area (Å²) < 4.78 is 10.7. The summed E-state index contributed by atoms with van der Waals surface area (Å²) in [6, 6.07) is 19.6. The standard InChI is InChI=1S/C28H26O4/c1-17(2)27(29)31-25-13-11-22(12-14-25)21-7-9-23(10-8-21)24-15-19(5)26(20(6)16-24)32-28(30)18(3)4/h7-16H,1,3H2,2,4-6H3. The zero-order valence-corrected chi connectivity index (χ0v) is 18.8. The third-order valence-corrected chi connectivity index (χ3v) is 4.97. The Morgan fingerprint density at radius 3 is 1.44 bits per heavy atom. The van der Waals surface area contributed by atoms with E-state index in [2.05, 4.69) is 25.3 Å². The van der Waals surface area contributed by atoms with Gasteiger partial charge in [-0.3, -0.25) is 0 Å². The zero-order valence-electron chi connectivity index (χ0n) is 18.8. The Labute approximate surface area is 188 Å². The van der Waals surface area contributed by atoms with Crippen LogP contribution in [0.5, 0.6) is 11.5 Å². The van der Waals surface area contributed by atoms with Crippen molar-refractivity contribution in [2.75, 3.05) is 0 Å². The van der Waals surface area contributed by atoms with Crippen LogP contribution in [0.25, 0.3) is 22.3 Å². The van der Waals surface area contributed by atoms with Crippen LogP contribution in [0.15, 0.2) is 85.0 Å². The number of rotatable bonds is 6. The summed E-state index contributed by atoms with van der Waals surface area (Å²) in [5, 5.41) is 0. The minimum atomic E-state index is -0.437. The Balaban J connectivity index is 1.80. The van der Waals surface area contributed by atoms with Crippen LogP contribution >= 0.6 is 0 Å². The van der Waals surface area contributed by atoms with E-state index >= 15 is 0 Å². The number of benzene rings is 3. The lowest BCUT2D eigenvalue weighted by Crippen LogP contribution is -2.10. The first kappa shape index (κ1) is 22.8. The maximum absolute atomic E-state index is 11.9. The van der Waals surface area contributed by atoms with Crippen LogP contribution in [0.1, 0.15) is 25.0 Å². The molecule has 0 aliphatic rings. The molecule has 4 heteroatoms. The van der Waals surface area contributed by atoms with E-state index in [9.17, 15) is 9.59 Å². The SMILES string of the molecule is C=C(C)C(=O)Oc1ccc(-c2ccc(-c3cc(C)c(OC(=O)C(=C)C)c(C)c3)cc2)cc1. The molecule has 0 bridgehead atoms. The fourth-order valence-corrected chi connectivity index (χ4v) is 3.22. The Hall–Kier alpha value is -3.92. The first-order valence-electron chi connectivity index (χ1n) is 10.2. The van der Waals surface area contributed by atoms with Gasteiger partial charge >= 0.3 is 11.9 Å². The molecule has 3 aromatic rings. The molecule has 0 unspecified atom stereocenters. The highest BCUT2D eigenvalue weighted by Crippen LogP contribution is 2.32. The molecule has 0 atom stereocenters. The van der Waals surface area contributed by atoms with Crippen molar-refractivity contribution >= 4 is 11.9 Å². The lowest BCUT2D eigenvalue weighted by atomic mass is 9.97. The fourth-order valence-electron chi connectivity index (χ4n) is 3.22. The van der Waals surface area contributed by atoms with Crippen LogP contribution in [0, 0.1) is 13.8 Å². The normalized spacial score (nSPS) is 10.4. The van der Waals surface area contributed by atoms with Gasteiger partial charge in [-0.2, -0.15) is 0 Å². The van der Waals surface area contributed by atoms with Gasteiger partial charge in [-0.25, -0.2) is 9.59 Å². The third kappa shape index (κ3) is 5.22. The molecule has 0 saturated heterocycles. The molecular weight excluding hydrogens is 400 g/mol. The molecule has 162 valence electrons. The van der Waals surface area contributed by atoms with E-state index < -0.39 is 11.9 Å². The Morgan fingerprint density at radius 2 is 1.00 bits per heavy atom. The summed E-state index contributed by atoms with van der Waals surface area (Å²) in [5.41, 5.74) is 6.67. The number of aryl methyl sites for hydroxylation is 2. The van der Waals surface area contributed by atoms with Gasteiger partial charge in [-0.15, -0.1) is 0 Å². The average Bonchev–Trinajstić information content (AvgIpc) is 2.76. The van der Waals surface area contributed by atoms with Crippen LogP contribution in [0.4, 0.5) is 0 Å². The maximum atomic E-state index is 11.9. The maximum Gasteiger partial charge on any atom is 0.338 e. The molecule has 0 fully saturated rings. The van der Waals surface area contributed by atoms with Gasteiger partial charge in [0, 0.05) is 11.1 Å². The third-order valence-electron chi connectivity index (χ3n) is 4.97. The first-order valence-corrected chi connectivity index (χ1v) is 10.2. The van der Waals surface area contributed by atoms with Crippen LogP contribution in [0.2, 0.25) is 0 Å². The summed E-state index contributed by atoms with van der Waals surface area (Å²) in [7, 11) is 0. The van der Waals surface area contributed by atoms with Gasteiger partial charge in [0.05, 0.1) is 0 Å². The lowest BCUT2D eigenvalue weighted by molar-refractivity contribution is -0.131. The summed E-state index contributed by atoms with van der Waals surface area (Å²) in [6.45, 7) is 14.3. The van der Waals surface area contributed by atoms with E-state index in [4.69, 9.17) is 9.47 Å². The first-order chi connectivity index (χ1) is 15.2. The number of hydrogen-bond donors (Lipinski definition) is 0. The molecule has 0 aliphatic heterocycles. The van der Waals surface area contributed by atoms with Crippen molar-refractivity contribution in [3.63, 3.8) is 0 Å². The number of carbonyl (C=O) groups is 2. The molecule has 0 aromatic heterocycles. The highest BCUT2D eigenvalue weighted by molar-refractivity contribution is 5.89. The molecule has 0 heterocycles. The Kier molecular flexibility index (Phi) is 6.74. The van der Waals surface area contributed by atoms with Gasteiger partial charge < -0.3 is 9.47 Å². The second-order valence-electron chi connectivity index (χ2n) is 7.88. The summed E-state index contributed by atoms with van der Waals surface area (Å²) in [5.74, 6) is 0.199. The van der Waals surface area contributed by atoms with Gasteiger partial charge in [-0.1, -0.05) is 49.6 Å². The Bertz CT molecular complexity index is 1180. The van der Waals surface area contributed by atoms with Gasteiger partial charge in [0.2, 0.25) is 0 Å². The van der Waals surface area contributed by atoms with E-state index in [-0.39, 0.29) is 0 Å². The predicted molar refractivity (Wildman–Crippen MR) is 128 cm³/mol. The minimum absolute atomic E-state index is 0.358. The van der Waals surface area contributed by atoms with Crippen molar-refractivity contribution in [2.45, 2.75) is 27.7 Å². The fraction of sp³-hybridized carbons (Fsp3) is 0.143. The second kappa shape index (κ2) is 9.48. The average molecular weight is 427 g/mol. The second-order valence-corrected chi connectivity index (χ2v) is 7.88. The minimum Gasteiger partial charge on any atom is -0.423 e. The van der Waals surface area contributed by atoms with Gasteiger partial charge in [0.1, 0.15) is 11.5 Å². The molecule has 0 spiro atoms. The van der Waals surface area contributed by atoms with Crippen LogP contribution in [-0.2, 0) is 9.59 Å². The van der Waals surface area contributed by atoms with E-state index in [0.29, 0.717) is 22.6 Å². The number of hydrogen-bond acceptors (Lipinski definition) is 4. The van der Waals surface area contributed by atoms with Gasteiger partial charge in [0.15, 0.2) is 0 Å². The predicted octanol–water partition coefficient (Wildman–Crippen LogP) is 6.60. The number of esters is 2. The van der Waals surface area contributed by atoms with E-state index in [1.54, 1.807) is 26.0 Å². The quantitative estimate of drug-likeness (QED) is 0.253. The topological polar surface area (TPSA) is 52.6 Å². The van der Waals surface area contributed by atoms with Crippen LogP contribution < -0.4 is 9.47 Å². The molecule has 0 saturated carbocycles. The Morgan fingerprint density at radius 1 is 0.625 bits per heavy atom. The molecule has 0 radical (unpaired) electrons. The summed E-state index contributed by atoms with van der Waals surface area (Å²) in [6.07, 6.45) is 0. The molecular formula is C28H26O4. The van der Waals surface area contributed by atoms with Crippen molar-refractivity contribution in [3.8, 4) is 33.8 Å². The van der Waals surface area contributed by atoms with Crippen molar-refractivity contribution in [1.82, 2.24) is 0 Å².